The molecule has 0 aromatic heterocycles. The molecule has 0 aliphatic carbocycles. The summed E-state index contributed by atoms with van der Waals surface area (Å²) >= 11 is 0. The molecule has 0 saturated carbocycles. The Hall–Kier alpha value is -0.530. The van der Waals surface area contributed by atoms with Gasteiger partial charge < -0.3 is 5.21 Å². The second kappa shape index (κ2) is 3.47. The maximum absolute atomic E-state index is 7.64. The molecule has 0 fully saturated rings. The predicted octanol–water partition coefficient (Wildman–Crippen LogP) is 0.856. The normalized spacial score (nSPS) is 9.80. The smallest absolute Gasteiger partial charge is 0.0433 e. The fourth-order valence-corrected chi connectivity index (χ4v) is 0.0816. The highest BCUT2D eigenvalue weighted by Gasteiger charge is 1.55. The third kappa shape index (κ3) is 3.47. The predicted molar refractivity (Wildman–Crippen MR) is 20.6 cm³/mol. The van der Waals surface area contributed by atoms with E-state index in [0.29, 0.717) is 0 Å². The van der Waals surface area contributed by atoms with Crippen LogP contribution in [0.3, 0.4) is 0 Å². The van der Waals surface area contributed by atoms with Crippen LogP contribution >= 0.6 is 0 Å². The van der Waals surface area contributed by atoms with Gasteiger partial charge in [-0.2, -0.15) is 0 Å². The van der Waals surface area contributed by atoms with Crippen molar-refractivity contribution >= 4 is 6.21 Å². The van der Waals surface area contributed by atoms with E-state index in [2.05, 4.69) is 5.16 Å². The second-order valence-electron chi connectivity index (χ2n) is 0.706. The quantitative estimate of drug-likeness (QED) is 0.278. The standard InChI is InChI=1S/C3H7NO/c1-2-3-4-5/h3,5H,2H2,1H3/b4-3-. The fourth-order valence-electron chi connectivity index (χ4n) is 0.0816. The van der Waals surface area contributed by atoms with Gasteiger partial charge in [-0.05, 0) is 6.42 Å². The van der Waals surface area contributed by atoms with E-state index in [0.717, 1.165) is 6.42 Å². The zero-order valence-electron chi connectivity index (χ0n) is 3.18. The van der Waals surface area contributed by atoms with E-state index in [9.17, 15) is 0 Å². The van der Waals surface area contributed by atoms with Gasteiger partial charge in [0.1, 0.15) is 0 Å². The summed E-state index contributed by atoms with van der Waals surface area (Å²) in [6.07, 6.45) is 2.23. The molecule has 0 unspecified atom stereocenters. The Morgan fingerprint density at radius 3 is 2.60 bits per heavy atom. The maximum atomic E-state index is 7.64. The van der Waals surface area contributed by atoms with Gasteiger partial charge in [0, 0.05) is 6.21 Å². The largest absolute Gasteiger partial charge is 0.411 e. The van der Waals surface area contributed by atoms with Crippen LogP contribution in [0.5, 0.6) is 0 Å². The molecule has 0 radical (unpaired) electrons. The molecule has 0 rings (SSSR count). The van der Waals surface area contributed by atoms with Gasteiger partial charge in [-0.15, -0.1) is 5.16 Å². The summed E-state index contributed by atoms with van der Waals surface area (Å²) < 4.78 is 0. The molecular formula is C3H7NO. The molecule has 1 N–H and O–H groups in total. The number of nitrogens with zero attached hydrogens (tertiary/aromatic N) is 1. The lowest BCUT2D eigenvalue weighted by Gasteiger charge is -1.64. The molecule has 0 aromatic rings. The second-order valence-corrected chi connectivity index (χ2v) is 0.706. The minimum atomic E-state index is 0.802. The SMILES string of the molecule is CC/C=N\O. The summed E-state index contributed by atoms with van der Waals surface area (Å²) in [5.41, 5.74) is 0. The lowest BCUT2D eigenvalue weighted by molar-refractivity contribution is 0.320. The molecule has 0 aliphatic heterocycles. The third-order valence-corrected chi connectivity index (χ3v) is 0.264. The van der Waals surface area contributed by atoms with Crippen molar-refractivity contribution in [3.8, 4) is 0 Å². The Morgan fingerprint density at radius 2 is 2.60 bits per heavy atom. The van der Waals surface area contributed by atoms with Crippen LogP contribution in [0.2, 0.25) is 0 Å². The van der Waals surface area contributed by atoms with Crippen LogP contribution in [0.15, 0.2) is 5.16 Å². The van der Waals surface area contributed by atoms with Gasteiger partial charge >= 0.3 is 0 Å². The Labute approximate surface area is 31.1 Å². The van der Waals surface area contributed by atoms with E-state index in [-0.39, 0.29) is 0 Å². The van der Waals surface area contributed by atoms with Gasteiger partial charge in [0.15, 0.2) is 0 Å². The highest BCUT2D eigenvalue weighted by molar-refractivity contribution is 5.55. The molecule has 0 amide bonds. The van der Waals surface area contributed by atoms with Crippen LogP contribution < -0.4 is 0 Å². The van der Waals surface area contributed by atoms with Crippen LogP contribution in [0, 0.1) is 0 Å². The minimum absolute atomic E-state index is 0.802. The van der Waals surface area contributed by atoms with Crippen molar-refractivity contribution in [2.45, 2.75) is 13.3 Å². The first-order valence-corrected chi connectivity index (χ1v) is 1.57. The van der Waals surface area contributed by atoms with Crippen molar-refractivity contribution in [1.29, 1.82) is 0 Å². The van der Waals surface area contributed by atoms with Gasteiger partial charge in [0.25, 0.3) is 0 Å². The van der Waals surface area contributed by atoms with Crippen molar-refractivity contribution in [3.05, 3.63) is 0 Å². The molecule has 0 aliphatic rings. The lowest BCUT2D eigenvalue weighted by atomic mass is 10.6. The third-order valence-electron chi connectivity index (χ3n) is 0.264. The molecule has 0 heterocycles. The first kappa shape index (κ1) is 4.47. The molecule has 2 heteroatoms. The number of hydrogen-bond acceptors (Lipinski definition) is 2. The average Bonchev–Trinajstić information content (AvgIpc) is 1.41. The number of oxime groups is 1. The Kier molecular flexibility index (Phi) is 3.10. The van der Waals surface area contributed by atoms with Gasteiger partial charge in [0.2, 0.25) is 0 Å². The van der Waals surface area contributed by atoms with Crippen LogP contribution in [0.25, 0.3) is 0 Å². The molecule has 0 bridgehead atoms. The molecule has 0 saturated heterocycles. The monoisotopic (exact) mass is 73.1 g/mol. The molecule has 0 aromatic carbocycles. The van der Waals surface area contributed by atoms with E-state index in [4.69, 9.17) is 5.21 Å². The highest BCUT2D eigenvalue weighted by Crippen LogP contribution is 1.60. The first-order chi connectivity index (χ1) is 2.41. The summed E-state index contributed by atoms with van der Waals surface area (Å²) in [7, 11) is 0. The average molecular weight is 73.1 g/mol. The van der Waals surface area contributed by atoms with Gasteiger partial charge in [0.05, 0.1) is 0 Å². The highest BCUT2D eigenvalue weighted by atomic mass is 16.4. The van der Waals surface area contributed by atoms with Gasteiger partial charge in [-0.1, -0.05) is 6.92 Å². The zero-order chi connectivity index (χ0) is 4.12. The van der Waals surface area contributed by atoms with E-state index < -0.39 is 0 Å². The fraction of sp³-hybridized carbons (Fsp3) is 0.667. The van der Waals surface area contributed by atoms with Crippen molar-refractivity contribution in [3.63, 3.8) is 0 Å². The summed E-state index contributed by atoms with van der Waals surface area (Å²) in [6, 6.07) is 0. The van der Waals surface area contributed by atoms with Crippen molar-refractivity contribution in [1.82, 2.24) is 0 Å². The molecular weight excluding hydrogens is 66.0 g/mol. The van der Waals surface area contributed by atoms with Crippen LogP contribution in [0.4, 0.5) is 0 Å². The van der Waals surface area contributed by atoms with Crippen molar-refractivity contribution < 1.29 is 5.21 Å². The zero-order valence-corrected chi connectivity index (χ0v) is 3.18. The van der Waals surface area contributed by atoms with Crippen molar-refractivity contribution in [2.75, 3.05) is 0 Å². The minimum Gasteiger partial charge on any atom is -0.411 e. The van der Waals surface area contributed by atoms with E-state index in [1.807, 2.05) is 6.92 Å². The topological polar surface area (TPSA) is 32.6 Å². The Bertz CT molecular complexity index is 33.9. The van der Waals surface area contributed by atoms with Crippen LogP contribution in [-0.4, -0.2) is 11.4 Å². The summed E-state index contributed by atoms with van der Waals surface area (Å²) in [5, 5.41) is 10.4. The first-order valence-electron chi connectivity index (χ1n) is 1.57. The molecule has 2 nitrogen and oxygen atoms in total. The Morgan fingerprint density at radius 1 is 2.00 bits per heavy atom. The van der Waals surface area contributed by atoms with Crippen LogP contribution in [0.1, 0.15) is 13.3 Å². The molecule has 0 atom stereocenters. The molecule has 30 valence electrons. The van der Waals surface area contributed by atoms with Gasteiger partial charge in [-0.25, -0.2) is 0 Å². The maximum Gasteiger partial charge on any atom is 0.0433 e. The van der Waals surface area contributed by atoms with E-state index in [1.165, 1.54) is 6.21 Å². The molecule has 0 spiro atoms. The molecule has 5 heavy (non-hydrogen) atoms. The van der Waals surface area contributed by atoms with E-state index in [1.54, 1.807) is 0 Å². The van der Waals surface area contributed by atoms with Crippen molar-refractivity contribution in [2.24, 2.45) is 5.16 Å². The summed E-state index contributed by atoms with van der Waals surface area (Å²) in [4.78, 5) is 0. The van der Waals surface area contributed by atoms with E-state index >= 15 is 0 Å². The Balaban J connectivity index is 2.62. The number of rotatable bonds is 1. The van der Waals surface area contributed by atoms with Crippen LogP contribution in [-0.2, 0) is 0 Å². The summed E-state index contributed by atoms with van der Waals surface area (Å²) in [5.74, 6) is 0. The summed E-state index contributed by atoms with van der Waals surface area (Å²) in [6.45, 7) is 1.90. The number of hydrogen-bond donors (Lipinski definition) is 1. The van der Waals surface area contributed by atoms with Gasteiger partial charge in [-0.3, -0.25) is 0 Å². The lowest BCUT2D eigenvalue weighted by Crippen LogP contribution is -1.61.